The van der Waals surface area contributed by atoms with E-state index in [-0.39, 0.29) is 0 Å². The van der Waals surface area contributed by atoms with Crippen LogP contribution in [-0.4, -0.2) is 12.4 Å². The molecule has 0 radical (unpaired) electrons. The Hall–Kier alpha value is 0.415. The van der Waals surface area contributed by atoms with E-state index in [2.05, 4.69) is 26.4 Å². The first-order chi connectivity index (χ1) is 2.27. The Morgan fingerprint density at radius 2 is 2.00 bits per heavy atom. The zero-order valence-corrected chi connectivity index (χ0v) is 4.63. The molecule has 1 atom stereocenters. The first-order valence-electron chi connectivity index (χ1n) is 1.95. The van der Waals surface area contributed by atoms with Gasteiger partial charge in [-0.2, -0.15) is 12.6 Å². The smallest absolute Gasteiger partial charge is 0.133 e. The van der Waals surface area contributed by atoms with Crippen LogP contribution in [0.5, 0.6) is 0 Å². The summed E-state index contributed by atoms with van der Waals surface area (Å²) in [5.74, 6) is 0. The molecule has 0 rings (SSSR count). The van der Waals surface area contributed by atoms with Crippen molar-refractivity contribution in [3.63, 3.8) is 0 Å². The minimum Gasteiger partial charge on any atom is -0.185 e. The molecule has 0 aromatic heterocycles. The molecule has 2 heteroatoms. The summed E-state index contributed by atoms with van der Waals surface area (Å²) in [6.07, 6.45) is 0. The van der Waals surface area contributed by atoms with Gasteiger partial charge in [-0.3, -0.25) is 0 Å². The quantitative estimate of drug-likeness (QED) is 0.354. The predicted octanol–water partition coefficient (Wildman–Crippen LogP) is 0.747. The van der Waals surface area contributed by atoms with Gasteiger partial charge >= 0.3 is 0 Å². The number of rotatable bonds is 1. The Balaban J connectivity index is 2.54. The molecule has 0 nitrogen and oxygen atoms in total. The molecule has 0 bridgehead atoms. The lowest BCUT2D eigenvalue weighted by Crippen LogP contribution is -1.96. The van der Waals surface area contributed by atoms with Crippen LogP contribution in [-0.2, 0) is 0 Å². The Morgan fingerprint density at radius 3 is 2.00 bits per heavy atom. The third-order valence-corrected chi connectivity index (χ3v) is 0.956. The Morgan fingerprint density at radius 1 is 1.80 bits per heavy atom. The second-order valence-corrected chi connectivity index (χ2v) is 2.14. The first kappa shape index (κ1) is 5.41. The molecule has 0 saturated heterocycles. The fourth-order valence-corrected chi connectivity index (χ4v) is 0. The second-order valence-electron chi connectivity index (χ2n) is 1.26. The lowest BCUT2D eigenvalue weighted by Gasteiger charge is -1.87. The molecule has 0 spiro atoms. The minimum atomic E-state index is 0.579. The van der Waals surface area contributed by atoms with Crippen LogP contribution < -0.4 is 0 Å². The zero-order valence-electron chi connectivity index (χ0n) is 3.73. The molecule has 0 amide bonds. The van der Waals surface area contributed by atoms with Gasteiger partial charge in [0, 0.05) is 0 Å². The molecule has 0 heterocycles. The summed E-state index contributed by atoms with van der Waals surface area (Å²) >= 11 is 4.10. The van der Waals surface area contributed by atoms with Crippen molar-refractivity contribution in [2.75, 3.05) is 0 Å². The van der Waals surface area contributed by atoms with Crippen LogP contribution in [0.3, 0.4) is 0 Å². The van der Waals surface area contributed by atoms with Gasteiger partial charge in [0.15, 0.2) is 0 Å². The SMILES string of the molecule is CBC(C)S. The van der Waals surface area contributed by atoms with Crippen molar-refractivity contribution >= 4 is 19.9 Å². The molecular weight excluding hydrogens is 78.9 g/mol. The van der Waals surface area contributed by atoms with Crippen molar-refractivity contribution in [2.45, 2.75) is 18.9 Å². The molecule has 1 unspecified atom stereocenters. The van der Waals surface area contributed by atoms with Gasteiger partial charge in [0.2, 0.25) is 0 Å². The molecule has 30 valence electrons. The average Bonchev–Trinajstić information content (AvgIpc) is 1.38. The first-order valence-corrected chi connectivity index (χ1v) is 2.47. The standard InChI is InChI=1S/C3H9BS/c1-3(5)4-2/h3-5H,1-2H3. The molecule has 0 aliphatic rings. The van der Waals surface area contributed by atoms with Crippen LogP contribution in [0.15, 0.2) is 0 Å². The lowest BCUT2D eigenvalue weighted by atomic mass is 9.79. The maximum absolute atomic E-state index is 4.10. The van der Waals surface area contributed by atoms with Gasteiger partial charge in [-0.25, -0.2) is 0 Å². The van der Waals surface area contributed by atoms with Crippen LogP contribution in [0.4, 0.5) is 0 Å². The Kier molecular flexibility index (Phi) is 2.86. The van der Waals surface area contributed by atoms with E-state index in [0.717, 1.165) is 0 Å². The van der Waals surface area contributed by atoms with Crippen LogP contribution in [0.1, 0.15) is 6.92 Å². The molecule has 0 N–H and O–H groups in total. The Bertz CT molecular complexity index is 20.9. The van der Waals surface area contributed by atoms with E-state index < -0.39 is 0 Å². The highest BCUT2D eigenvalue weighted by molar-refractivity contribution is 7.82. The summed E-state index contributed by atoms with van der Waals surface area (Å²) in [7, 11) is 1.17. The fourth-order valence-electron chi connectivity index (χ4n) is 0. The van der Waals surface area contributed by atoms with Crippen LogP contribution in [0.25, 0.3) is 0 Å². The highest BCUT2D eigenvalue weighted by atomic mass is 32.1. The van der Waals surface area contributed by atoms with Crippen molar-refractivity contribution < 1.29 is 0 Å². The van der Waals surface area contributed by atoms with Crippen molar-refractivity contribution in [2.24, 2.45) is 0 Å². The van der Waals surface area contributed by atoms with E-state index in [1.165, 1.54) is 7.28 Å². The molecule has 0 fully saturated rings. The fraction of sp³-hybridized carbons (Fsp3) is 1.00. The van der Waals surface area contributed by atoms with Gasteiger partial charge < -0.3 is 0 Å². The van der Waals surface area contributed by atoms with Gasteiger partial charge in [0.25, 0.3) is 0 Å². The highest BCUT2D eigenvalue weighted by Gasteiger charge is 1.84. The van der Waals surface area contributed by atoms with E-state index in [0.29, 0.717) is 5.15 Å². The molecule has 5 heavy (non-hydrogen) atoms. The normalized spacial score (nSPS) is 14.2. The number of hydrogen-bond donors (Lipinski definition) is 1. The van der Waals surface area contributed by atoms with Crippen molar-refractivity contribution in [3.05, 3.63) is 0 Å². The van der Waals surface area contributed by atoms with Gasteiger partial charge in [0.05, 0.1) is 0 Å². The van der Waals surface area contributed by atoms with Crippen molar-refractivity contribution in [1.29, 1.82) is 0 Å². The summed E-state index contributed by atoms with van der Waals surface area (Å²) in [4.78, 5) is 0. The van der Waals surface area contributed by atoms with E-state index in [1.807, 2.05) is 0 Å². The summed E-state index contributed by atoms with van der Waals surface area (Å²) in [6.45, 7) is 4.21. The molecular formula is C3H9BS. The van der Waals surface area contributed by atoms with Gasteiger partial charge in [-0.05, 0) is 5.15 Å². The summed E-state index contributed by atoms with van der Waals surface area (Å²) in [5, 5.41) is 0.579. The van der Waals surface area contributed by atoms with Gasteiger partial charge in [-0.15, -0.1) is 0 Å². The van der Waals surface area contributed by atoms with E-state index in [1.54, 1.807) is 0 Å². The highest BCUT2D eigenvalue weighted by Crippen LogP contribution is 1.84. The summed E-state index contributed by atoms with van der Waals surface area (Å²) in [5.41, 5.74) is 0. The van der Waals surface area contributed by atoms with Crippen LogP contribution in [0, 0.1) is 0 Å². The number of hydrogen-bond acceptors (Lipinski definition) is 1. The predicted molar refractivity (Wildman–Crippen MR) is 31.5 cm³/mol. The Labute approximate surface area is 39.6 Å². The maximum atomic E-state index is 4.10. The minimum absolute atomic E-state index is 0.579. The monoisotopic (exact) mass is 88.1 g/mol. The van der Waals surface area contributed by atoms with Crippen molar-refractivity contribution in [1.82, 2.24) is 0 Å². The molecule has 0 aliphatic heterocycles. The van der Waals surface area contributed by atoms with Gasteiger partial charge in [-0.1, -0.05) is 13.7 Å². The maximum Gasteiger partial charge on any atom is 0.133 e. The van der Waals surface area contributed by atoms with E-state index in [9.17, 15) is 0 Å². The van der Waals surface area contributed by atoms with E-state index in [4.69, 9.17) is 0 Å². The number of thiol groups is 1. The average molecular weight is 88.0 g/mol. The summed E-state index contributed by atoms with van der Waals surface area (Å²) in [6, 6.07) is 0. The van der Waals surface area contributed by atoms with Gasteiger partial charge in [0.1, 0.15) is 7.28 Å². The van der Waals surface area contributed by atoms with E-state index >= 15 is 0 Å². The summed E-state index contributed by atoms with van der Waals surface area (Å²) < 4.78 is 0. The second kappa shape index (κ2) is 2.64. The van der Waals surface area contributed by atoms with Crippen molar-refractivity contribution in [3.8, 4) is 0 Å². The molecule has 0 saturated carbocycles. The third kappa shape index (κ3) is 4.41. The molecule has 0 aromatic carbocycles. The topological polar surface area (TPSA) is 0 Å². The zero-order chi connectivity index (χ0) is 4.28. The third-order valence-electron chi connectivity index (χ3n) is 0.591. The van der Waals surface area contributed by atoms with Crippen LogP contribution >= 0.6 is 12.6 Å². The molecule has 0 aromatic rings. The van der Waals surface area contributed by atoms with Crippen LogP contribution in [0.2, 0.25) is 6.82 Å². The lowest BCUT2D eigenvalue weighted by molar-refractivity contribution is 1.39. The largest absolute Gasteiger partial charge is 0.185 e. The molecule has 0 aliphatic carbocycles.